The highest BCUT2D eigenvalue weighted by Gasteiger charge is 2.20. The SMILES string of the molecule is COc1ccc(Br)cc1/C=N\NC(=O)CN(c1ccccc1)S(C)(=O)=O. The zero-order chi connectivity index (χ0) is 19.2. The molecule has 26 heavy (non-hydrogen) atoms. The van der Waals surface area contributed by atoms with Gasteiger partial charge in [0.15, 0.2) is 0 Å². The van der Waals surface area contributed by atoms with Crippen LogP contribution < -0.4 is 14.5 Å². The van der Waals surface area contributed by atoms with Crippen LogP contribution in [0.2, 0.25) is 0 Å². The van der Waals surface area contributed by atoms with Crippen molar-refractivity contribution in [3.8, 4) is 5.75 Å². The first kappa shape index (κ1) is 19.9. The number of carbonyl (C=O) groups is 1. The largest absolute Gasteiger partial charge is 0.496 e. The Morgan fingerprint density at radius 3 is 2.58 bits per heavy atom. The van der Waals surface area contributed by atoms with Gasteiger partial charge in [0, 0.05) is 10.0 Å². The van der Waals surface area contributed by atoms with Crippen LogP contribution in [-0.4, -0.2) is 40.4 Å². The van der Waals surface area contributed by atoms with Gasteiger partial charge in [-0.1, -0.05) is 34.1 Å². The zero-order valence-corrected chi connectivity index (χ0v) is 16.6. The first-order valence-electron chi connectivity index (χ1n) is 7.49. The summed E-state index contributed by atoms with van der Waals surface area (Å²) >= 11 is 3.35. The minimum Gasteiger partial charge on any atom is -0.496 e. The van der Waals surface area contributed by atoms with Crippen molar-refractivity contribution in [3.63, 3.8) is 0 Å². The third-order valence-corrected chi connectivity index (χ3v) is 4.95. The van der Waals surface area contributed by atoms with Gasteiger partial charge in [0.25, 0.3) is 5.91 Å². The molecule has 138 valence electrons. The number of methoxy groups -OCH3 is 1. The van der Waals surface area contributed by atoms with Gasteiger partial charge in [0.05, 0.1) is 25.3 Å². The van der Waals surface area contributed by atoms with E-state index in [1.54, 1.807) is 42.5 Å². The van der Waals surface area contributed by atoms with Gasteiger partial charge < -0.3 is 4.74 Å². The predicted octanol–water partition coefficient (Wildman–Crippen LogP) is 2.37. The summed E-state index contributed by atoms with van der Waals surface area (Å²) in [5.74, 6) is 0.0257. The third-order valence-electron chi connectivity index (χ3n) is 3.32. The molecule has 0 aliphatic carbocycles. The van der Waals surface area contributed by atoms with Crippen molar-refractivity contribution in [1.82, 2.24) is 5.43 Å². The molecule has 2 rings (SSSR count). The van der Waals surface area contributed by atoms with E-state index in [4.69, 9.17) is 4.74 Å². The molecular formula is C17H18BrN3O4S. The Balaban J connectivity index is 2.09. The lowest BCUT2D eigenvalue weighted by atomic mass is 10.2. The van der Waals surface area contributed by atoms with Crippen LogP contribution in [0.1, 0.15) is 5.56 Å². The number of nitrogens with one attached hydrogen (secondary N) is 1. The summed E-state index contributed by atoms with van der Waals surface area (Å²) in [7, 11) is -2.08. The van der Waals surface area contributed by atoms with Crippen molar-refractivity contribution in [2.45, 2.75) is 0 Å². The molecule has 0 fully saturated rings. The number of para-hydroxylation sites is 1. The Hall–Kier alpha value is -2.39. The summed E-state index contributed by atoms with van der Waals surface area (Å²) in [4.78, 5) is 12.1. The average Bonchev–Trinajstić information content (AvgIpc) is 2.60. The molecule has 2 aromatic rings. The number of benzene rings is 2. The van der Waals surface area contributed by atoms with Crippen molar-refractivity contribution < 1.29 is 17.9 Å². The maximum atomic E-state index is 12.1. The number of hydrazone groups is 1. The van der Waals surface area contributed by atoms with Crippen molar-refractivity contribution in [1.29, 1.82) is 0 Å². The molecule has 0 aliphatic heterocycles. The normalized spacial score (nSPS) is 11.3. The highest BCUT2D eigenvalue weighted by Crippen LogP contribution is 2.21. The van der Waals surface area contributed by atoms with Gasteiger partial charge in [-0.3, -0.25) is 9.10 Å². The van der Waals surface area contributed by atoms with Crippen LogP contribution in [0.25, 0.3) is 0 Å². The van der Waals surface area contributed by atoms with E-state index >= 15 is 0 Å². The molecule has 0 spiro atoms. The van der Waals surface area contributed by atoms with E-state index in [9.17, 15) is 13.2 Å². The molecule has 0 heterocycles. The summed E-state index contributed by atoms with van der Waals surface area (Å²) in [6.45, 7) is -0.379. The lowest BCUT2D eigenvalue weighted by Gasteiger charge is -2.21. The second kappa shape index (κ2) is 8.81. The number of sulfonamides is 1. The highest BCUT2D eigenvalue weighted by molar-refractivity contribution is 9.10. The molecule has 0 atom stereocenters. The van der Waals surface area contributed by atoms with Crippen LogP contribution in [0.4, 0.5) is 5.69 Å². The number of ether oxygens (including phenoxy) is 1. The number of amides is 1. The number of carbonyl (C=O) groups excluding carboxylic acids is 1. The zero-order valence-electron chi connectivity index (χ0n) is 14.2. The molecule has 2 aromatic carbocycles. The number of nitrogens with zero attached hydrogens (tertiary/aromatic N) is 2. The number of hydrogen-bond donors (Lipinski definition) is 1. The smallest absolute Gasteiger partial charge is 0.260 e. The number of rotatable bonds is 7. The minimum absolute atomic E-state index is 0.379. The maximum absolute atomic E-state index is 12.1. The van der Waals surface area contributed by atoms with Gasteiger partial charge in [0.2, 0.25) is 10.0 Å². The van der Waals surface area contributed by atoms with E-state index in [0.29, 0.717) is 17.0 Å². The van der Waals surface area contributed by atoms with E-state index in [0.717, 1.165) is 15.0 Å². The Morgan fingerprint density at radius 1 is 1.27 bits per heavy atom. The van der Waals surface area contributed by atoms with E-state index in [-0.39, 0.29) is 6.54 Å². The lowest BCUT2D eigenvalue weighted by molar-refractivity contribution is -0.119. The molecule has 1 N–H and O–H groups in total. The Labute approximate surface area is 160 Å². The Bertz CT molecular complexity index is 901. The van der Waals surface area contributed by atoms with Crippen LogP contribution in [0.15, 0.2) is 58.1 Å². The van der Waals surface area contributed by atoms with E-state index in [2.05, 4.69) is 26.5 Å². The maximum Gasteiger partial charge on any atom is 0.260 e. The molecule has 0 radical (unpaired) electrons. The van der Waals surface area contributed by atoms with Crippen LogP contribution in [0.3, 0.4) is 0 Å². The summed E-state index contributed by atoms with van der Waals surface area (Å²) in [6.07, 6.45) is 2.47. The number of hydrogen-bond acceptors (Lipinski definition) is 5. The highest BCUT2D eigenvalue weighted by atomic mass is 79.9. The van der Waals surface area contributed by atoms with Crippen molar-refractivity contribution in [2.75, 3.05) is 24.2 Å². The average molecular weight is 440 g/mol. The molecule has 7 nitrogen and oxygen atoms in total. The van der Waals surface area contributed by atoms with Crippen molar-refractivity contribution in [3.05, 3.63) is 58.6 Å². The first-order chi connectivity index (χ1) is 12.3. The molecule has 0 saturated heterocycles. The molecule has 0 saturated carbocycles. The topological polar surface area (TPSA) is 88.1 Å². The second-order valence-electron chi connectivity index (χ2n) is 5.28. The van der Waals surface area contributed by atoms with E-state index in [1.165, 1.54) is 13.3 Å². The molecule has 0 aliphatic rings. The van der Waals surface area contributed by atoms with E-state index < -0.39 is 15.9 Å². The Morgan fingerprint density at radius 2 is 1.96 bits per heavy atom. The minimum atomic E-state index is -3.61. The predicted molar refractivity (Wildman–Crippen MR) is 105 cm³/mol. The second-order valence-corrected chi connectivity index (χ2v) is 8.11. The summed E-state index contributed by atoms with van der Waals surface area (Å²) in [5, 5.41) is 3.87. The fraction of sp³-hybridized carbons (Fsp3) is 0.176. The van der Waals surface area contributed by atoms with Gasteiger partial charge in [-0.25, -0.2) is 13.8 Å². The summed E-state index contributed by atoms with van der Waals surface area (Å²) in [5.41, 5.74) is 3.39. The molecule has 1 amide bonds. The van der Waals surface area contributed by atoms with Crippen LogP contribution in [0, 0.1) is 0 Å². The van der Waals surface area contributed by atoms with E-state index in [1.807, 2.05) is 6.07 Å². The van der Waals surface area contributed by atoms with Crippen LogP contribution in [-0.2, 0) is 14.8 Å². The van der Waals surface area contributed by atoms with Gasteiger partial charge in [-0.15, -0.1) is 0 Å². The van der Waals surface area contributed by atoms with Crippen molar-refractivity contribution >= 4 is 43.8 Å². The first-order valence-corrected chi connectivity index (χ1v) is 10.1. The number of halogens is 1. The van der Waals surface area contributed by atoms with Gasteiger partial charge in [-0.05, 0) is 30.3 Å². The fourth-order valence-electron chi connectivity index (χ4n) is 2.14. The fourth-order valence-corrected chi connectivity index (χ4v) is 3.38. The van der Waals surface area contributed by atoms with Gasteiger partial charge in [0.1, 0.15) is 12.3 Å². The monoisotopic (exact) mass is 439 g/mol. The van der Waals surface area contributed by atoms with Crippen molar-refractivity contribution in [2.24, 2.45) is 5.10 Å². The van der Waals surface area contributed by atoms with Crippen LogP contribution in [0.5, 0.6) is 5.75 Å². The molecule has 9 heteroatoms. The number of anilines is 1. The molecule has 0 unspecified atom stereocenters. The Kier molecular flexibility index (Phi) is 6.76. The lowest BCUT2D eigenvalue weighted by Crippen LogP contribution is -2.38. The summed E-state index contributed by atoms with van der Waals surface area (Å²) < 4.78 is 31.0. The molecular weight excluding hydrogens is 422 g/mol. The van der Waals surface area contributed by atoms with Gasteiger partial charge in [-0.2, -0.15) is 5.10 Å². The summed E-state index contributed by atoms with van der Waals surface area (Å²) in [6, 6.07) is 13.7. The third kappa shape index (κ3) is 5.57. The molecule has 0 bridgehead atoms. The van der Waals surface area contributed by atoms with Crippen LogP contribution >= 0.6 is 15.9 Å². The quantitative estimate of drug-likeness (QED) is 0.529. The van der Waals surface area contributed by atoms with Gasteiger partial charge >= 0.3 is 0 Å². The molecule has 0 aromatic heterocycles. The standard InChI is InChI=1S/C17H18BrN3O4S/c1-25-16-9-8-14(18)10-13(16)11-19-20-17(22)12-21(26(2,23)24)15-6-4-3-5-7-15/h3-11H,12H2,1-2H3,(H,20,22)/b19-11-.